The Hall–Kier alpha value is -2.83. The number of hydrogen-bond acceptors (Lipinski definition) is 6. The lowest BCUT2D eigenvalue weighted by molar-refractivity contribution is -0.577. The number of nitrogens with zero attached hydrogens (tertiary/aromatic N) is 2. The topological polar surface area (TPSA) is 104 Å². The Kier molecular flexibility index (Phi) is 3.99. The number of rotatable bonds is 4. The van der Waals surface area contributed by atoms with Crippen molar-refractivity contribution >= 4 is 17.7 Å². The Bertz CT molecular complexity index is 617. The lowest BCUT2D eigenvalue weighted by Crippen LogP contribution is -2.36. The first kappa shape index (κ1) is 13.6. The largest absolute Gasteiger partial charge is 0.754 e. The van der Waals surface area contributed by atoms with Crippen molar-refractivity contribution in [3.63, 3.8) is 0 Å². The summed E-state index contributed by atoms with van der Waals surface area (Å²) in [5, 5.41) is 14.1. The van der Waals surface area contributed by atoms with E-state index in [1.54, 1.807) is 7.05 Å². The number of hydrogen-bond donors (Lipinski definition) is 2. The van der Waals surface area contributed by atoms with Gasteiger partial charge in [0.1, 0.15) is 6.61 Å². The van der Waals surface area contributed by atoms with E-state index in [1.165, 1.54) is 6.07 Å². The van der Waals surface area contributed by atoms with Crippen LogP contribution in [0, 0.1) is 5.21 Å². The van der Waals surface area contributed by atoms with Crippen molar-refractivity contribution in [2.45, 2.75) is 6.61 Å². The maximum Gasteiger partial charge on any atom is 0.370 e. The average Bonchev–Trinajstić information content (AvgIpc) is 2.48. The third kappa shape index (κ3) is 2.94. The van der Waals surface area contributed by atoms with Crippen LogP contribution in [0.1, 0.15) is 16.1 Å². The smallest absolute Gasteiger partial charge is 0.370 e. The first-order valence-electron chi connectivity index (χ1n) is 5.90. The van der Waals surface area contributed by atoms with E-state index in [4.69, 9.17) is 10.5 Å². The van der Waals surface area contributed by atoms with Crippen LogP contribution in [-0.2, 0) is 11.3 Å². The molecule has 0 radical (unpaired) electrons. The van der Waals surface area contributed by atoms with Gasteiger partial charge in [-0.05, 0) is 5.56 Å². The Morgan fingerprint density at radius 2 is 2.15 bits per heavy atom. The van der Waals surface area contributed by atoms with E-state index < -0.39 is 5.97 Å². The van der Waals surface area contributed by atoms with E-state index in [-0.39, 0.29) is 24.1 Å². The average molecular weight is 274 g/mol. The molecular weight excluding hydrogens is 260 g/mol. The molecule has 3 N–H and O–H groups in total. The van der Waals surface area contributed by atoms with E-state index in [2.05, 4.69) is 10.3 Å². The Labute approximate surface area is 115 Å². The fourth-order valence-electron chi connectivity index (χ4n) is 1.59. The molecule has 0 bridgehead atoms. The van der Waals surface area contributed by atoms with Crippen molar-refractivity contribution in [3.8, 4) is 0 Å². The molecule has 0 saturated heterocycles. The van der Waals surface area contributed by atoms with Crippen LogP contribution < -0.4 is 15.8 Å². The molecule has 0 aliphatic heterocycles. The van der Waals surface area contributed by atoms with Crippen molar-refractivity contribution in [1.29, 1.82) is 0 Å². The summed E-state index contributed by atoms with van der Waals surface area (Å²) in [6.45, 7) is 0.127. The van der Waals surface area contributed by atoms with Gasteiger partial charge in [-0.15, -0.1) is 0 Å². The zero-order valence-corrected chi connectivity index (χ0v) is 10.9. The van der Waals surface area contributed by atoms with Crippen LogP contribution in [0.3, 0.4) is 0 Å². The normalized spacial score (nSPS) is 10.1. The van der Waals surface area contributed by atoms with E-state index in [9.17, 15) is 10.0 Å². The van der Waals surface area contributed by atoms with Crippen LogP contribution >= 0.6 is 0 Å². The lowest BCUT2D eigenvalue weighted by Gasteiger charge is -2.12. The quantitative estimate of drug-likeness (QED) is 0.483. The molecule has 1 aromatic heterocycles. The molecule has 2 aromatic rings. The van der Waals surface area contributed by atoms with Gasteiger partial charge in [-0.1, -0.05) is 35.3 Å². The first-order valence-corrected chi connectivity index (χ1v) is 5.90. The van der Waals surface area contributed by atoms with Crippen molar-refractivity contribution < 1.29 is 14.3 Å². The van der Waals surface area contributed by atoms with E-state index in [0.29, 0.717) is 4.73 Å². The fraction of sp³-hybridized carbons (Fsp3) is 0.154. The maximum absolute atomic E-state index is 11.9. The van der Waals surface area contributed by atoms with Crippen molar-refractivity contribution in [2.24, 2.45) is 0 Å². The molecule has 1 aromatic carbocycles. The molecular formula is C13H14N4O3. The maximum atomic E-state index is 11.9. The van der Waals surface area contributed by atoms with Crippen LogP contribution in [0.15, 0.2) is 36.4 Å². The molecule has 0 aliphatic rings. The Balaban J connectivity index is 2.11. The lowest BCUT2D eigenvalue weighted by atomic mass is 10.2. The van der Waals surface area contributed by atoms with Gasteiger partial charge >= 0.3 is 11.9 Å². The number of aromatic nitrogens is 2. The highest BCUT2D eigenvalue weighted by Crippen LogP contribution is 2.08. The highest BCUT2D eigenvalue weighted by Gasteiger charge is 2.17. The summed E-state index contributed by atoms with van der Waals surface area (Å²) in [6, 6.07) is 10.5. The van der Waals surface area contributed by atoms with Gasteiger partial charge in [-0.25, -0.2) is 9.52 Å². The summed E-state index contributed by atoms with van der Waals surface area (Å²) in [6.07, 6.45) is 0. The minimum Gasteiger partial charge on any atom is -0.754 e. The first-order chi connectivity index (χ1) is 9.61. The van der Waals surface area contributed by atoms with Crippen LogP contribution in [-0.4, -0.2) is 18.0 Å². The SMILES string of the molecule is CNc1cc(C(=O)OCc2ccccc2)nc(N)[n+]1[O-]. The minimum absolute atomic E-state index is 0.0186. The van der Waals surface area contributed by atoms with Gasteiger partial charge in [-0.2, -0.15) is 0 Å². The third-order valence-electron chi connectivity index (χ3n) is 2.61. The second kappa shape index (κ2) is 5.87. The molecule has 0 amide bonds. The van der Waals surface area contributed by atoms with Crippen LogP contribution in [0.25, 0.3) is 0 Å². The predicted molar refractivity (Wildman–Crippen MR) is 72.7 cm³/mol. The second-order valence-electron chi connectivity index (χ2n) is 3.99. The fourth-order valence-corrected chi connectivity index (χ4v) is 1.59. The summed E-state index contributed by atoms with van der Waals surface area (Å²) < 4.78 is 5.51. The summed E-state index contributed by atoms with van der Waals surface area (Å²) in [4.78, 5) is 15.6. The summed E-state index contributed by atoms with van der Waals surface area (Å²) in [5.41, 5.74) is 6.27. The molecule has 7 nitrogen and oxygen atoms in total. The standard InChI is InChI=1S/C13H14N4O3/c1-15-11-7-10(16-13(14)17(11)19)12(18)20-8-9-5-3-2-4-6-9/h2-7,15H,8H2,1H3,(H2,14,16). The number of carbonyl (C=O) groups excluding carboxylic acids is 1. The monoisotopic (exact) mass is 274 g/mol. The number of benzene rings is 1. The van der Waals surface area contributed by atoms with Gasteiger partial charge in [0.05, 0.1) is 0 Å². The van der Waals surface area contributed by atoms with E-state index in [0.717, 1.165) is 5.56 Å². The second-order valence-corrected chi connectivity index (χ2v) is 3.99. The Morgan fingerprint density at radius 3 is 2.80 bits per heavy atom. The molecule has 7 heteroatoms. The zero-order valence-electron chi connectivity index (χ0n) is 10.9. The van der Waals surface area contributed by atoms with Gasteiger partial charge < -0.3 is 21.0 Å². The van der Waals surface area contributed by atoms with Gasteiger partial charge in [0.15, 0.2) is 5.82 Å². The van der Waals surface area contributed by atoms with Gasteiger partial charge in [0, 0.05) is 13.1 Å². The third-order valence-corrected chi connectivity index (χ3v) is 2.61. The Morgan fingerprint density at radius 1 is 1.45 bits per heavy atom. The van der Waals surface area contributed by atoms with Crippen molar-refractivity contribution in [2.75, 3.05) is 18.1 Å². The van der Waals surface area contributed by atoms with Gasteiger partial charge in [-0.3, -0.25) is 0 Å². The van der Waals surface area contributed by atoms with Gasteiger partial charge in [0.2, 0.25) is 5.69 Å². The number of nitrogen functional groups attached to an aromatic ring is 1. The highest BCUT2D eigenvalue weighted by molar-refractivity contribution is 5.88. The number of nitrogens with one attached hydrogen (secondary N) is 1. The van der Waals surface area contributed by atoms with Gasteiger partial charge in [0.25, 0.3) is 0 Å². The summed E-state index contributed by atoms with van der Waals surface area (Å²) >= 11 is 0. The zero-order chi connectivity index (χ0) is 14.5. The molecule has 1 heterocycles. The van der Waals surface area contributed by atoms with Crippen LogP contribution in [0.4, 0.5) is 11.8 Å². The van der Waals surface area contributed by atoms with Crippen LogP contribution in [0.5, 0.6) is 0 Å². The molecule has 20 heavy (non-hydrogen) atoms. The minimum atomic E-state index is -0.641. The highest BCUT2D eigenvalue weighted by atomic mass is 16.5. The molecule has 0 fully saturated rings. The number of nitrogens with two attached hydrogens (primary N) is 1. The number of anilines is 2. The molecule has 0 spiro atoms. The molecule has 2 rings (SSSR count). The number of carbonyl (C=O) groups is 1. The molecule has 0 aliphatic carbocycles. The molecule has 0 unspecified atom stereocenters. The number of ether oxygens (including phenoxy) is 1. The predicted octanol–water partition coefficient (Wildman–Crippen LogP) is 0.696. The summed E-state index contributed by atoms with van der Waals surface area (Å²) in [5.74, 6) is -0.828. The molecule has 0 atom stereocenters. The summed E-state index contributed by atoms with van der Waals surface area (Å²) in [7, 11) is 1.54. The number of esters is 1. The van der Waals surface area contributed by atoms with E-state index in [1.807, 2.05) is 30.3 Å². The van der Waals surface area contributed by atoms with Crippen molar-refractivity contribution in [1.82, 2.24) is 4.98 Å². The van der Waals surface area contributed by atoms with E-state index >= 15 is 0 Å². The van der Waals surface area contributed by atoms with Crippen LogP contribution in [0.2, 0.25) is 0 Å². The molecule has 0 saturated carbocycles. The molecule has 104 valence electrons. The van der Waals surface area contributed by atoms with Crippen molar-refractivity contribution in [3.05, 3.63) is 52.9 Å².